The first-order chi connectivity index (χ1) is 17.3. The van der Waals surface area contributed by atoms with Crippen LogP contribution >= 0.6 is 11.6 Å². The van der Waals surface area contributed by atoms with Gasteiger partial charge in [0.1, 0.15) is 0 Å². The summed E-state index contributed by atoms with van der Waals surface area (Å²) >= 11 is 6.38. The standard InChI is InChI=1S/C31H26ClNO3/c1-4-31-24(20-13-9-6-10-14-20)23(19-11-7-5-8-12-19)30(3,29(31)36)25-26(31)28(35)33(27(25)34)21-16-15-18(2)22(32)17-21/h5-17,25-26H,4H2,1-3H3/t25-,26-,30+,31-/m1/s1. The van der Waals surface area contributed by atoms with Crippen LogP contribution in [-0.4, -0.2) is 17.6 Å². The summed E-state index contributed by atoms with van der Waals surface area (Å²) in [4.78, 5) is 44.0. The third-order valence-electron chi connectivity index (χ3n) is 8.65. The molecule has 0 spiro atoms. The highest BCUT2D eigenvalue weighted by atomic mass is 35.5. The number of benzene rings is 3. The van der Waals surface area contributed by atoms with E-state index in [4.69, 9.17) is 11.6 Å². The average molecular weight is 496 g/mol. The minimum Gasteiger partial charge on any atom is -0.298 e. The fourth-order valence-electron chi connectivity index (χ4n) is 7.10. The molecule has 2 fully saturated rings. The van der Waals surface area contributed by atoms with Crippen LogP contribution in [0.15, 0.2) is 78.9 Å². The van der Waals surface area contributed by atoms with E-state index in [-0.39, 0.29) is 17.6 Å². The average Bonchev–Trinajstić information content (AvgIpc) is 3.36. The molecule has 4 atom stereocenters. The van der Waals surface area contributed by atoms with Crippen LogP contribution < -0.4 is 4.90 Å². The molecule has 6 rings (SSSR count). The lowest BCUT2D eigenvalue weighted by molar-refractivity contribution is -0.134. The van der Waals surface area contributed by atoms with Crippen molar-refractivity contribution in [3.63, 3.8) is 0 Å². The van der Waals surface area contributed by atoms with Crippen LogP contribution in [0.25, 0.3) is 11.1 Å². The molecule has 180 valence electrons. The van der Waals surface area contributed by atoms with Crippen molar-refractivity contribution in [2.45, 2.75) is 27.2 Å². The Morgan fingerprint density at radius 2 is 1.36 bits per heavy atom. The molecule has 1 saturated heterocycles. The number of rotatable bonds is 4. The van der Waals surface area contributed by atoms with Gasteiger partial charge >= 0.3 is 0 Å². The molecule has 3 aliphatic rings. The van der Waals surface area contributed by atoms with Gasteiger partial charge in [-0.15, -0.1) is 0 Å². The van der Waals surface area contributed by atoms with Crippen molar-refractivity contribution in [3.05, 3.63) is 101 Å². The zero-order valence-electron chi connectivity index (χ0n) is 20.4. The van der Waals surface area contributed by atoms with Gasteiger partial charge in [0.25, 0.3) is 0 Å². The summed E-state index contributed by atoms with van der Waals surface area (Å²) in [6.45, 7) is 5.71. The van der Waals surface area contributed by atoms with Gasteiger partial charge in [0.15, 0.2) is 5.78 Å². The smallest absolute Gasteiger partial charge is 0.239 e. The lowest BCUT2D eigenvalue weighted by Crippen LogP contribution is -2.41. The normalized spacial score (nSPS) is 28.9. The van der Waals surface area contributed by atoms with Crippen LogP contribution in [0, 0.1) is 29.6 Å². The van der Waals surface area contributed by atoms with Crippen LogP contribution in [0.4, 0.5) is 5.69 Å². The zero-order valence-corrected chi connectivity index (χ0v) is 21.2. The van der Waals surface area contributed by atoms with Crippen LogP contribution in [0.1, 0.15) is 37.0 Å². The fourth-order valence-corrected chi connectivity index (χ4v) is 7.28. The zero-order chi connectivity index (χ0) is 25.4. The van der Waals surface area contributed by atoms with Crippen molar-refractivity contribution < 1.29 is 14.4 Å². The first-order valence-electron chi connectivity index (χ1n) is 12.3. The molecule has 3 aromatic carbocycles. The molecule has 5 heteroatoms. The molecule has 0 radical (unpaired) electrons. The molecule has 4 nitrogen and oxygen atoms in total. The molecule has 2 amide bonds. The van der Waals surface area contributed by atoms with Gasteiger partial charge in [0.05, 0.1) is 28.4 Å². The van der Waals surface area contributed by atoms with Crippen molar-refractivity contribution in [1.82, 2.24) is 0 Å². The second kappa shape index (κ2) is 7.75. The summed E-state index contributed by atoms with van der Waals surface area (Å²) in [7, 11) is 0. The molecule has 1 saturated carbocycles. The van der Waals surface area contributed by atoms with Crippen molar-refractivity contribution in [2.75, 3.05) is 4.90 Å². The number of fused-ring (bicyclic) bond motifs is 5. The molecule has 0 N–H and O–H groups in total. The van der Waals surface area contributed by atoms with Crippen molar-refractivity contribution >= 4 is 46.0 Å². The molecule has 3 aromatic rings. The Hall–Kier alpha value is -3.50. The first-order valence-corrected chi connectivity index (χ1v) is 12.7. The summed E-state index contributed by atoms with van der Waals surface area (Å²) in [5.74, 6) is -2.18. The Morgan fingerprint density at radius 1 is 0.806 bits per heavy atom. The van der Waals surface area contributed by atoms with Crippen molar-refractivity contribution in [3.8, 4) is 0 Å². The Morgan fingerprint density at radius 3 is 1.92 bits per heavy atom. The first kappa shape index (κ1) is 22.9. The summed E-state index contributed by atoms with van der Waals surface area (Å²) in [6, 6.07) is 24.9. The molecule has 1 heterocycles. The van der Waals surface area contributed by atoms with Gasteiger partial charge in [-0.2, -0.15) is 0 Å². The van der Waals surface area contributed by atoms with E-state index in [9.17, 15) is 14.4 Å². The Kier molecular flexibility index (Phi) is 4.94. The number of hydrogen-bond donors (Lipinski definition) is 0. The quantitative estimate of drug-likeness (QED) is 0.395. The van der Waals surface area contributed by atoms with Crippen molar-refractivity contribution in [1.29, 1.82) is 0 Å². The molecular formula is C31H26ClNO3. The number of amides is 2. The number of aryl methyl sites for hydroxylation is 1. The highest BCUT2D eigenvalue weighted by Crippen LogP contribution is 2.74. The van der Waals surface area contributed by atoms with Crippen molar-refractivity contribution in [2.24, 2.45) is 22.7 Å². The lowest BCUT2D eigenvalue weighted by atomic mass is 9.62. The van der Waals surface area contributed by atoms with E-state index < -0.39 is 22.7 Å². The summed E-state index contributed by atoms with van der Waals surface area (Å²) in [6.07, 6.45) is 0.435. The van der Waals surface area contributed by atoms with E-state index in [1.54, 1.807) is 12.1 Å². The molecule has 2 aliphatic carbocycles. The highest BCUT2D eigenvalue weighted by Gasteiger charge is 2.79. The van der Waals surface area contributed by atoms with Crippen LogP contribution in [0.5, 0.6) is 0 Å². The number of allylic oxidation sites excluding steroid dienone is 2. The minimum absolute atomic E-state index is 0.0199. The van der Waals surface area contributed by atoms with Gasteiger partial charge in [0.2, 0.25) is 11.8 Å². The van der Waals surface area contributed by atoms with E-state index in [1.807, 2.05) is 87.5 Å². The van der Waals surface area contributed by atoms with E-state index in [2.05, 4.69) is 0 Å². The number of nitrogens with zero attached hydrogens (tertiary/aromatic N) is 1. The van der Waals surface area contributed by atoms with E-state index in [0.29, 0.717) is 17.1 Å². The molecule has 1 aliphatic heterocycles. The minimum atomic E-state index is -1.12. The number of ketones is 1. The molecular weight excluding hydrogens is 470 g/mol. The third-order valence-corrected chi connectivity index (χ3v) is 9.05. The predicted molar refractivity (Wildman–Crippen MR) is 141 cm³/mol. The Bertz CT molecular complexity index is 1480. The summed E-state index contributed by atoms with van der Waals surface area (Å²) in [5.41, 5.74) is 2.71. The number of carbonyl (C=O) groups is 3. The number of imide groups is 1. The summed E-state index contributed by atoms with van der Waals surface area (Å²) < 4.78 is 0. The largest absolute Gasteiger partial charge is 0.298 e. The number of hydrogen-bond acceptors (Lipinski definition) is 3. The Labute approximate surface area is 215 Å². The Balaban J connectivity index is 1.64. The SMILES string of the molecule is CC[C@@]12C(=O)[C@@](C)(C(c3ccccc3)=C1c1ccccc1)[C@H]1C(=O)N(c3ccc(C)c(Cl)c3)C(=O)[C@@H]12. The van der Waals surface area contributed by atoms with Gasteiger partial charge in [0, 0.05) is 5.02 Å². The maximum atomic E-state index is 14.5. The van der Waals surface area contributed by atoms with Gasteiger partial charge < -0.3 is 0 Å². The number of Topliss-reactive ketones (excluding diaryl/α,β-unsaturated/α-hetero) is 1. The second-order valence-electron chi connectivity index (χ2n) is 10.2. The van der Waals surface area contributed by atoms with Gasteiger partial charge in [-0.1, -0.05) is 85.3 Å². The van der Waals surface area contributed by atoms with Crippen LogP contribution in [0.2, 0.25) is 5.02 Å². The third kappa shape index (κ3) is 2.63. The van der Waals surface area contributed by atoms with E-state index >= 15 is 0 Å². The molecule has 2 bridgehead atoms. The van der Waals surface area contributed by atoms with E-state index in [0.717, 1.165) is 27.8 Å². The summed E-state index contributed by atoms with van der Waals surface area (Å²) in [5, 5.41) is 0.494. The monoisotopic (exact) mass is 495 g/mol. The number of carbonyl (C=O) groups excluding carboxylic acids is 3. The topological polar surface area (TPSA) is 54.5 Å². The molecule has 0 unspecified atom stereocenters. The van der Waals surface area contributed by atoms with Gasteiger partial charge in [-0.05, 0) is 60.2 Å². The maximum absolute atomic E-state index is 14.5. The van der Waals surface area contributed by atoms with Gasteiger partial charge in [-0.3, -0.25) is 14.4 Å². The van der Waals surface area contributed by atoms with Crippen LogP contribution in [-0.2, 0) is 14.4 Å². The maximum Gasteiger partial charge on any atom is 0.239 e. The highest BCUT2D eigenvalue weighted by molar-refractivity contribution is 6.35. The second-order valence-corrected chi connectivity index (χ2v) is 10.6. The number of anilines is 1. The lowest BCUT2D eigenvalue weighted by Gasteiger charge is -2.37. The van der Waals surface area contributed by atoms with E-state index in [1.165, 1.54) is 4.90 Å². The van der Waals surface area contributed by atoms with Crippen LogP contribution in [0.3, 0.4) is 0 Å². The molecule has 0 aromatic heterocycles. The number of halogens is 1. The fraction of sp³-hybridized carbons (Fsp3) is 0.258. The van der Waals surface area contributed by atoms with Gasteiger partial charge in [-0.25, -0.2) is 4.90 Å². The predicted octanol–water partition coefficient (Wildman–Crippen LogP) is 6.36. The molecule has 36 heavy (non-hydrogen) atoms.